The number of carbonyl (C=O) groups excluding carboxylic acids is 1. The fourth-order valence-electron chi connectivity index (χ4n) is 1.70. The number of quaternary nitrogens is 1. The molecule has 7 heteroatoms. The first-order valence-corrected chi connectivity index (χ1v) is 6.45. The molecule has 2 aromatic rings. The highest BCUT2D eigenvalue weighted by Gasteiger charge is 2.16. The predicted octanol–water partition coefficient (Wildman–Crippen LogP) is 0.938. The van der Waals surface area contributed by atoms with Crippen molar-refractivity contribution in [3.63, 3.8) is 0 Å². The molecule has 1 amide bonds. The van der Waals surface area contributed by atoms with Crippen molar-refractivity contribution in [2.24, 2.45) is 5.73 Å². The van der Waals surface area contributed by atoms with E-state index in [4.69, 9.17) is 5.73 Å². The molecule has 0 aliphatic carbocycles. The lowest BCUT2D eigenvalue weighted by Crippen LogP contribution is -2.98. The van der Waals surface area contributed by atoms with Crippen molar-refractivity contribution in [3.8, 4) is 0 Å². The molecule has 4 N–H and O–H groups in total. The molecule has 0 aliphatic heterocycles. The van der Waals surface area contributed by atoms with Gasteiger partial charge in [-0.05, 0) is 13.0 Å². The average molecular weight is 278 g/mol. The Morgan fingerprint density at radius 2 is 2.16 bits per heavy atom. The second kappa shape index (κ2) is 5.35. The van der Waals surface area contributed by atoms with Gasteiger partial charge < -0.3 is 21.3 Å². The zero-order valence-corrected chi connectivity index (χ0v) is 11.4. The van der Waals surface area contributed by atoms with Gasteiger partial charge in [-0.25, -0.2) is 4.98 Å². The van der Waals surface area contributed by atoms with Gasteiger partial charge in [0.1, 0.15) is 10.7 Å². The highest BCUT2D eigenvalue weighted by Crippen LogP contribution is 2.29. The largest absolute Gasteiger partial charge is 0.629 e. The van der Waals surface area contributed by atoms with E-state index in [1.165, 1.54) is 18.4 Å². The number of anilines is 2. The fourth-order valence-corrected chi connectivity index (χ4v) is 2.54. The molecule has 0 radical (unpaired) electrons. The molecule has 0 saturated carbocycles. The molecule has 1 unspecified atom stereocenters. The Labute approximate surface area is 114 Å². The van der Waals surface area contributed by atoms with Gasteiger partial charge in [0.25, 0.3) is 5.91 Å². The van der Waals surface area contributed by atoms with Crippen LogP contribution in [-0.4, -0.2) is 17.9 Å². The van der Waals surface area contributed by atoms with Crippen LogP contribution in [0.3, 0.4) is 0 Å². The number of hydroxylamine groups is 1. The number of nitrogens with zero attached hydrogens (tertiary/aromatic N) is 1. The number of aromatic nitrogens is 1. The number of nitrogens with two attached hydrogens (primary N) is 1. The van der Waals surface area contributed by atoms with Crippen LogP contribution < -0.4 is 16.1 Å². The number of rotatable bonds is 4. The van der Waals surface area contributed by atoms with Gasteiger partial charge in [0.2, 0.25) is 0 Å². The molecule has 6 nitrogen and oxygen atoms in total. The summed E-state index contributed by atoms with van der Waals surface area (Å²) in [7, 11) is 1.49. The van der Waals surface area contributed by atoms with E-state index in [9.17, 15) is 10.0 Å². The van der Waals surface area contributed by atoms with E-state index < -0.39 is 5.91 Å². The molecular weight excluding hydrogens is 264 g/mol. The summed E-state index contributed by atoms with van der Waals surface area (Å²) in [5.41, 5.74) is 6.67. The average Bonchev–Trinajstić information content (AvgIpc) is 2.71. The van der Waals surface area contributed by atoms with Gasteiger partial charge in [-0.3, -0.25) is 4.79 Å². The minimum atomic E-state index is -0.591. The third kappa shape index (κ3) is 2.90. The second-order valence-electron chi connectivity index (χ2n) is 4.00. The van der Waals surface area contributed by atoms with Crippen LogP contribution >= 0.6 is 11.3 Å². The third-order valence-electron chi connectivity index (χ3n) is 2.52. The van der Waals surface area contributed by atoms with Gasteiger partial charge in [0, 0.05) is 6.07 Å². The topological polar surface area (TPSA) is 95.5 Å². The molecule has 2 rings (SSSR count). The summed E-state index contributed by atoms with van der Waals surface area (Å²) >= 11 is 1.32. The van der Waals surface area contributed by atoms with Crippen molar-refractivity contribution in [2.75, 3.05) is 12.4 Å². The number of nitrogens with one attached hydrogen (secondary N) is 2. The molecule has 0 saturated heterocycles. The van der Waals surface area contributed by atoms with Gasteiger partial charge in [-0.1, -0.05) is 12.1 Å². The van der Waals surface area contributed by atoms with Gasteiger partial charge in [0.15, 0.2) is 11.4 Å². The molecule has 0 bridgehead atoms. The molecule has 1 heterocycles. The van der Waals surface area contributed by atoms with E-state index in [1.807, 2.05) is 6.07 Å². The highest BCUT2D eigenvalue weighted by molar-refractivity contribution is 7.16. The van der Waals surface area contributed by atoms with Crippen LogP contribution in [0.2, 0.25) is 0 Å². The van der Waals surface area contributed by atoms with Crippen molar-refractivity contribution >= 4 is 33.6 Å². The van der Waals surface area contributed by atoms with Crippen LogP contribution in [0.5, 0.6) is 0 Å². The number of aryl methyl sites for hydroxylation is 1. The van der Waals surface area contributed by atoms with Crippen molar-refractivity contribution in [1.29, 1.82) is 0 Å². The van der Waals surface area contributed by atoms with E-state index in [0.29, 0.717) is 16.4 Å². The zero-order chi connectivity index (χ0) is 14.0. The first-order valence-electron chi connectivity index (χ1n) is 5.63. The summed E-state index contributed by atoms with van der Waals surface area (Å²) in [5, 5.41) is 15.8. The second-order valence-corrected chi connectivity index (χ2v) is 5.20. The normalized spacial score (nSPS) is 12.2. The van der Waals surface area contributed by atoms with Crippen molar-refractivity contribution < 1.29 is 9.86 Å². The van der Waals surface area contributed by atoms with Crippen LogP contribution in [0, 0.1) is 12.1 Å². The van der Waals surface area contributed by atoms with Crippen LogP contribution in [0.1, 0.15) is 15.5 Å². The number of primary amides is 1. The Hall–Kier alpha value is -1.96. The Bertz CT molecular complexity index is 610. The van der Waals surface area contributed by atoms with Gasteiger partial charge >= 0.3 is 0 Å². The van der Waals surface area contributed by atoms with Gasteiger partial charge in [0.05, 0.1) is 12.1 Å². The number of amides is 1. The Kier molecular flexibility index (Phi) is 3.79. The van der Waals surface area contributed by atoms with Crippen molar-refractivity contribution in [3.05, 3.63) is 40.2 Å². The zero-order valence-electron chi connectivity index (χ0n) is 10.6. The molecule has 0 spiro atoms. The number of hydrogen-bond acceptors (Lipinski definition) is 5. The lowest BCUT2D eigenvalue weighted by Gasteiger charge is -2.19. The summed E-state index contributed by atoms with van der Waals surface area (Å²) in [6.07, 6.45) is 0. The number of hydrogen-bond donors (Lipinski definition) is 3. The lowest BCUT2D eigenvalue weighted by atomic mass is 10.2. The number of benzene rings is 1. The number of carbonyl (C=O) groups is 1. The molecular formula is C12H14N4O2S. The van der Waals surface area contributed by atoms with Crippen LogP contribution in [0.15, 0.2) is 24.3 Å². The van der Waals surface area contributed by atoms with Crippen molar-refractivity contribution in [1.82, 2.24) is 4.98 Å². The van der Waals surface area contributed by atoms with E-state index in [-0.39, 0.29) is 10.8 Å². The molecule has 1 atom stereocenters. The Morgan fingerprint density at radius 3 is 2.79 bits per heavy atom. The SMILES string of the molecule is Cc1nc(C(N)=O)c(Nc2ccccc2[NH+](C)[O-])s1. The van der Waals surface area contributed by atoms with Gasteiger partial charge in [-0.15, -0.1) is 11.3 Å². The van der Waals surface area contributed by atoms with Crippen LogP contribution in [-0.2, 0) is 0 Å². The summed E-state index contributed by atoms with van der Waals surface area (Å²) < 4.78 is 0. The first kappa shape index (κ1) is 13.5. The summed E-state index contributed by atoms with van der Waals surface area (Å²) in [5.74, 6) is -0.591. The van der Waals surface area contributed by atoms with E-state index in [1.54, 1.807) is 25.1 Å². The molecule has 100 valence electrons. The van der Waals surface area contributed by atoms with E-state index >= 15 is 0 Å². The molecule has 1 aromatic heterocycles. The minimum Gasteiger partial charge on any atom is -0.629 e. The quantitative estimate of drug-likeness (QED) is 0.725. The standard InChI is InChI=1S/C12H14N4O2S/c1-7-14-10(11(13)17)12(19-7)15-8-5-3-4-6-9(8)16(2)18/h3-6,15-16H,1-2H3,(H2,13,17). The van der Waals surface area contributed by atoms with Crippen molar-refractivity contribution in [2.45, 2.75) is 6.92 Å². The minimum absolute atomic E-state index is 0.0510. The van der Waals surface area contributed by atoms with E-state index in [2.05, 4.69) is 10.3 Å². The Morgan fingerprint density at radius 1 is 1.47 bits per heavy atom. The molecule has 0 aliphatic rings. The highest BCUT2D eigenvalue weighted by atomic mass is 32.1. The molecule has 19 heavy (non-hydrogen) atoms. The maximum absolute atomic E-state index is 11.5. The summed E-state index contributed by atoms with van der Waals surface area (Å²) in [4.78, 5) is 15.4. The smallest absolute Gasteiger partial charge is 0.270 e. The number of para-hydroxylation sites is 2. The van der Waals surface area contributed by atoms with Crippen LogP contribution in [0.25, 0.3) is 0 Å². The molecule has 1 aromatic carbocycles. The monoisotopic (exact) mass is 278 g/mol. The van der Waals surface area contributed by atoms with Crippen LogP contribution in [0.4, 0.5) is 16.4 Å². The predicted molar refractivity (Wildman–Crippen MR) is 75.0 cm³/mol. The maximum atomic E-state index is 11.5. The molecule has 0 fully saturated rings. The van der Waals surface area contributed by atoms with E-state index in [0.717, 1.165) is 5.01 Å². The van der Waals surface area contributed by atoms with Gasteiger partial charge in [-0.2, -0.15) is 0 Å². The summed E-state index contributed by atoms with van der Waals surface area (Å²) in [6.45, 7) is 1.79. The maximum Gasteiger partial charge on any atom is 0.270 e. The Balaban J connectivity index is 2.39. The fraction of sp³-hybridized carbons (Fsp3) is 0.167. The number of thiazole rings is 1. The summed E-state index contributed by atoms with van der Waals surface area (Å²) in [6, 6.07) is 7.10. The first-order chi connectivity index (χ1) is 8.99. The lowest BCUT2D eigenvalue weighted by molar-refractivity contribution is -0.750. The third-order valence-corrected chi connectivity index (χ3v) is 3.41.